The number of aromatic nitrogens is 1. The Balaban J connectivity index is 2.09. The number of esters is 1. The number of likely N-dealkylation sites (N-methyl/N-ethyl adjacent to an activating group) is 1. The van der Waals surface area contributed by atoms with Crippen LogP contribution in [0.25, 0.3) is 0 Å². The van der Waals surface area contributed by atoms with Gasteiger partial charge in [0, 0.05) is 17.1 Å². The Morgan fingerprint density at radius 2 is 2.04 bits per heavy atom. The topological polar surface area (TPSA) is 62.4 Å². The number of thiophene rings is 1. The van der Waals surface area contributed by atoms with Gasteiger partial charge in [0.2, 0.25) is 0 Å². The standard InChI is InChI=1S/C17H21BrN2O3S/c1-5-23-17(22)15-10(2)16(19-11(15)3)13(21)9-20(4)8-12-6-7-14(18)24-12/h6-7,19H,5,8-9H2,1-4H3. The van der Waals surface area contributed by atoms with E-state index in [0.717, 1.165) is 3.79 Å². The number of ketones is 1. The maximum atomic E-state index is 12.6. The summed E-state index contributed by atoms with van der Waals surface area (Å²) in [6, 6.07) is 4.04. The third-order valence-electron chi connectivity index (χ3n) is 3.66. The lowest BCUT2D eigenvalue weighted by atomic mass is 10.1. The van der Waals surface area contributed by atoms with Crippen molar-refractivity contribution in [2.24, 2.45) is 0 Å². The number of carbonyl (C=O) groups is 2. The molecule has 0 atom stereocenters. The van der Waals surface area contributed by atoms with Gasteiger partial charge in [-0.2, -0.15) is 0 Å². The van der Waals surface area contributed by atoms with E-state index in [-0.39, 0.29) is 18.3 Å². The van der Waals surface area contributed by atoms with Crippen LogP contribution in [0.4, 0.5) is 0 Å². The van der Waals surface area contributed by atoms with Crippen molar-refractivity contribution in [1.82, 2.24) is 9.88 Å². The van der Waals surface area contributed by atoms with E-state index in [1.54, 1.807) is 32.1 Å². The average molecular weight is 413 g/mol. The first kappa shape index (κ1) is 18.9. The second-order valence-electron chi connectivity index (χ2n) is 5.65. The van der Waals surface area contributed by atoms with Crippen LogP contribution in [0.3, 0.4) is 0 Å². The van der Waals surface area contributed by atoms with Crippen LogP contribution in [-0.2, 0) is 11.3 Å². The van der Waals surface area contributed by atoms with Gasteiger partial charge in [0.05, 0.1) is 28.2 Å². The van der Waals surface area contributed by atoms with Crippen molar-refractivity contribution in [2.75, 3.05) is 20.2 Å². The lowest BCUT2D eigenvalue weighted by Gasteiger charge is -2.14. The number of H-pyrrole nitrogens is 1. The Bertz CT molecular complexity index is 751. The maximum Gasteiger partial charge on any atom is 0.340 e. The maximum absolute atomic E-state index is 12.6. The summed E-state index contributed by atoms with van der Waals surface area (Å²) in [6.07, 6.45) is 0. The molecule has 0 saturated carbocycles. The van der Waals surface area contributed by atoms with Crippen LogP contribution in [0.2, 0.25) is 0 Å². The molecule has 0 aliphatic rings. The molecular formula is C17H21BrN2O3S. The largest absolute Gasteiger partial charge is 0.462 e. The second kappa shape index (κ2) is 8.09. The molecule has 5 nitrogen and oxygen atoms in total. The molecule has 0 aliphatic carbocycles. The highest BCUT2D eigenvalue weighted by molar-refractivity contribution is 9.11. The number of nitrogens with one attached hydrogen (secondary N) is 1. The zero-order chi connectivity index (χ0) is 17.9. The Kier molecular flexibility index (Phi) is 6.37. The summed E-state index contributed by atoms with van der Waals surface area (Å²) >= 11 is 5.09. The fourth-order valence-corrected chi connectivity index (χ4v) is 4.18. The van der Waals surface area contributed by atoms with Crippen molar-refractivity contribution >= 4 is 39.0 Å². The van der Waals surface area contributed by atoms with Gasteiger partial charge in [-0.15, -0.1) is 11.3 Å². The molecule has 0 unspecified atom stereocenters. The molecule has 0 bridgehead atoms. The molecule has 0 aliphatic heterocycles. The summed E-state index contributed by atoms with van der Waals surface area (Å²) in [4.78, 5) is 30.8. The second-order valence-corrected chi connectivity index (χ2v) is 8.19. The first-order valence-electron chi connectivity index (χ1n) is 7.65. The van der Waals surface area contributed by atoms with Gasteiger partial charge in [0.1, 0.15) is 0 Å². The van der Waals surface area contributed by atoms with E-state index < -0.39 is 0 Å². The lowest BCUT2D eigenvalue weighted by molar-refractivity contribution is 0.0525. The zero-order valence-corrected chi connectivity index (χ0v) is 16.6. The molecule has 0 amide bonds. The minimum absolute atomic E-state index is 0.0377. The summed E-state index contributed by atoms with van der Waals surface area (Å²) in [7, 11) is 1.91. The number of rotatable bonds is 7. The van der Waals surface area contributed by atoms with E-state index in [0.29, 0.717) is 35.7 Å². The van der Waals surface area contributed by atoms with Crippen molar-refractivity contribution < 1.29 is 14.3 Å². The number of carbonyl (C=O) groups excluding carboxylic acids is 2. The minimum atomic E-state index is -0.389. The number of aromatic amines is 1. The number of ether oxygens (including phenoxy) is 1. The fourth-order valence-electron chi connectivity index (χ4n) is 2.62. The van der Waals surface area contributed by atoms with Crippen LogP contribution in [-0.4, -0.2) is 41.8 Å². The van der Waals surface area contributed by atoms with Crippen LogP contribution >= 0.6 is 27.3 Å². The monoisotopic (exact) mass is 412 g/mol. The number of nitrogens with zero attached hydrogens (tertiary/aromatic N) is 1. The third kappa shape index (κ3) is 4.34. The molecule has 7 heteroatoms. The normalized spacial score (nSPS) is 11.1. The van der Waals surface area contributed by atoms with Crippen molar-refractivity contribution in [3.63, 3.8) is 0 Å². The highest BCUT2D eigenvalue weighted by Gasteiger charge is 2.23. The van der Waals surface area contributed by atoms with Gasteiger partial charge in [-0.05, 0) is 61.4 Å². The van der Waals surface area contributed by atoms with Gasteiger partial charge in [-0.25, -0.2) is 4.79 Å². The number of halogens is 1. The van der Waals surface area contributed by atoms with Gasteiger partial charge < -0.3 is 9.72 Å². The summed E-state index contributed by atoms with van der Waals surface area (Å²) in [5.74, 6) is -0.427. The lowest BCUT2D eigenvalue weighted by Crippen LogP contribution is -2.26. The van der Waals surface area contributed by atoms with Crippen LogP contribution in [0.5, 0.6) is 0 Å². The SMILES string of the molecule is CCOC(=O)c1c(C)[nH]c(C(=O)CN(C)Cc2ccc(Br)s2)c1C. The summed E-state index contributed by atoms with van der Waals surface area (Å²) < 4.78 is 6.14. The first-order valence-corrected chi connectivity index (χ1v) is 9.26. The van der Waals surface area contributed by atoms with Crippen LogP contribution in [0, 0.1) is 13.8 Å². The molecule has 2 heterocycles. The predicted molar refractivity (Wildman–Crippen MR) is 98.9 cm³/mol. The molecule has 0 saturated heterocycles. The zero-order valence-electron chi connectivity index (χ0n) is 14.2. The van der Waals surface area contributed by atoms with Crippen molar-refractivity contribution in [3.05, 3.63) is 43.3 Å². The smallest absolute Gasteiger partial charge is 0.340 e. The van der Waals surface area contributed by atoms with Crippen LogP contribution in [0.1, 0.15) is 43.9 Å². The first-order chi connectivity index (χ1) is 11.3. The summed E-state index contributed by atoms with van der Waals surface area (Å²) in [5.41, 5.74) is 2.27. The third-order valence-corrected chi connectivity index (χ3v) is 5.27. The molecule has 0 spiro atoms. The van der Waals surface area contributed by atoms with Gasteiger partial charge >= 0.3 is 5.97 Å². The quantitative estimate of drug-likeness (QED) is 0.552. The van der Waals surface area contributed by atoms with E-state index in [4.69, 9.17) is 4.74 Å². The number of Topliss-reactive ketones (excluding diaryl/α,β-unsaturated/α-hetero) is 1. The Hall–Kier alpha value is -1.44. The van der Waals surface area contributed by atoms with Crippen molar-refractivity contribution in [3.8, 4) is 0 Å². The van der Waals surface area contributed by atoms with Crippen LogP contribution < -0.4 is 0 Å². The number of hydrogen-bond acceptors (Lipinski definition) is 5. The molecule has 0 fully saturated rings. The Labute approximate surface area is 154 Å². The van der Waals surface area contributed by atoms with Crippen LogP contribution in [0.15, 0.2) is 15.9 Å². The molecule has 0 aromatic carbocycles. The van der Waals surface area contributed by atoms with E-state index in [9.17, 15) is 9.59 Å². The average Bonchev–Trinajstić information content (AvgIpc) is 3.02. The van der Waals surface area contributed by atoms with Gasteiger partial charge in [-0.1, -0.05) is 0 Å². The Morgan fingerprint density at radius 1 is 1.33 bits per heavy atom. The van der Waals surface area contributed by atoms with E-state index >= 15 is 0 Å². The van der Waals surface area contributed by atoms with Gasteiger partial charge in [0.25, 0.3) is 0 Å². The summed E-state index contributed by atoms with van der Waals surface area (Å²) in [5, 5.41) is 0. The summed E-state index contributed by atoms with van der Waals surface area (Å²) in [6.45, 7) is 6.61. The van der Waals surface area contributed by atoms with Crippen molar-refractivity contribution in [1.29, 1.82) is 0 Å². The van der Waals surface area contributed by atoms with E-state index in [1.807, 2.05) is 24.1 Å². The molecular weight excluding hydrogens is 392 g/mol. The number of hydrogen-bond donors (Lipinski definition) is 1. The van der Waals surface area contributed by atoms with Crippen molar-refractivity contribution in [2.45, 2.75) is 27.3 Å². The molecule has 0 radical (unpaired) electrons. The molecule has 1 N–H and O–H groups in total. The molecule has 24 heavy (non-hydrogen) atoms. The molecule has 2 rings (SSSR count). The van der Waals surface area contributed by atoms with Gasteiger partial charge in [-0.3, -0.25) is 9.69 Å². The Morgan fingerprint density at radius 3 is 2.62 bits per heavy atom. The molecule has 2 aromatic rings. The number of aryl methyl sites for hydroxylation is 1. The van der Waals surface area contributed by atoms with E-state index in [1.165, 1.54) is 4.88 Å². The molecule has 130 valence electrons. The van der Waals surface area contributed by atoms with Gasteiger partial charge in [0.15, 0.2) is 5.78 Å². The molecule has 2 aromatic heterocycles. The van der Waals surface area contributed by atoms with E-state index in [2.05, 4.69) is 20.9 Å². The highest BCUT2D eigenvalue weighted by atomic mass is 79.9. The minimum Gasteiger partial charge on any atom is -0.462 e. The fraction of sp³-hybridized carbons (Fsp3) is 0.412. The predicted octanol–water partition coefficient (Wildman–Crippen LogP) is 3.95. The highest BCUT2D eigenvalue weighted by Crippen LogP contribution is 2.23.